The monoisotopic (exact) mass is 554 g/mol. The van der Waals surface area contributed by atoms with Crippen LogP contribution < -0.4 is 15.8 Å². The van der Waals surface area contributed by atoms with Crippen molar-refractivity contribution >= 4 is 60.7 Å². The predicted molar refractivity (Wildman–Crippen MR) is 145 cm³/mol. The van der Waals surface area contributed by atoms with Crippen LogP contribution in [-0.2, 0) is 14.8 Å². The Morgan fingerprint density at radius 3 is 2.54 bits per heavy atom. The Morgan fingerprint density at radius 1 is 1.03 bits per heavy atom. The number of hydrogen-bond acceptors (Lipinski definition) is 6. The van der Waals surface area contributed by atoms with Gasteiger partial charge in [-0.1, -0.05) is 48.4 Å². The number of pyridine rings is 1. The maximum absolute atomic E-state index is 13.1. The van der Waals surface area contributed by atoms with E-state index in [0.717, 1.165) is 11.8 Å². The molecule has 0 saturated heterocycles. The number of anilines is 1. The van der Waals surface area contributed by atoms with Gasteiger partial charge in [0.2, 0.25) is 15.9 Å². The highest BCUT2D eigenvalue weighted by Crippen LogP contribution is 2.31. The van der Waals surface area contributed by atoms with Gasteiger partial charge in [0.1, 0.15) is 9.98 Å². The lowest BCUT2D eigenvalue weighted by Crippen LogP contribution is -2.41. The molecule has 11 heteroatoms. The Labute approximate surface area is 222 Å². The lowest BCUT2D eigenvalue weighted by atomic mass is 10.0. The molecule has 2 amide bonds. The Bertz CT molecular complexity index is 1600. The molecule has 8 nitrogen and oxygen atoms in total. The number of rotatable bonds is 6. The molecule has 4 N–H and O–H groups in total. The second-order valence-corrected chi connectivity index (χ2v) is 11.8. The van der Waals surface area contributed by atoms with Crippen LogP contribution in [0.3, 0.4) is 0 Å². The summed E-state index contributed by atoms with van der Waals surface area (Å²) < 4.78 is 23.9. The van der Waals surface area contributed by atoms with Crippen molar-refractivity contribution in [3.05, 3.63) is 76.8 Å². The van der Waals surface area contributed by atoms with Crippen molar-refractivity contribution in [2.45, 2.75) is 30.2 Å². The molecule has 0 spiro atoms. The molecule has 0 unspecified atom stereocenters. The van der Waals surface area contributed by atoms with Gasteiger partial charge < -0.3 is 10.6 Å². The van der Waals surface area contributed by atoms with Gasteiger partial charge in [0.25, 0.3) is 5.91 Å². The molecule has 190 valence electrons. The number of nitrogens with two attached hydrogens (primary N) is 1. The lowest BCUT2D eigenvalue weighted by molar-refractivity contribution is -0.120. The summed E-state index contributed by atoms with van der Waals surface area (Å²) in [7, 11) is -3.88. The molecule has 2 atom stereocenters. The summed E-state index contributed by atoms with van der Waals surface area (Å²) >= 11 is 7.21. The molecule has 1 aliphatic rings. The number of fused-ring (bicyclic) bond motifs is 1. The minimum absolute atomic E-state index is 0.0360. The van der Waals surface area contributed by atoms with Crippen molar-refractivity contribution < 1.29 is 18.0 Å². The van der Waals surface area contributed by atoms with E-state index in [0.29, 0.717) is 44.5 Å². The maximum atomic E-state index is 13.1. The average molecular weight is 555 g/mol. The van der Waals surface area contributed by atoms with Crippen LogP contribution in [-0.4, -0.2) is 31.3 Å². The number of nitrogens with zero attached hydrogens (tertiary/aromatic N) is 1. The third kappa shape index (κ3) is 5.52. The molecule has 2 heterocycles. The molecular weight excluding hydrogens is 532 g/mol. The van der Waals surface area contributed by atoms with Crippen molar-refractivity contribution in [1.82, 2.24) is 10.3 Å². The van der Waals surface area contributed by atoms with Crippen LogP contribution >= 0.6 is 22.9 Å². The van der Waals surface area contributed by atoms with Crippen molar-refractivity contribution in [1.29, 1.82) is 0 Å². The van der Waals surface area contributed by atoms with Gasteiger partial charge in [-0.15, -0.1) is 11.3 Å². The quantitative estimate of drug-likeness (QED) is 0.295. The van der Waals surface area contributed by atoms with Gasteiger partial charge in [-0.05, 0) is 54.8 Å². The highest BCUT2D eigenvalue weighted by atomic mass is 35.5. The first-order valence-electron chi connectivity index (χ1n) is 11.6. The Hall–Kier alpha value is -3.31. The zero-order valence-electron chi connectivity index (χ0n) is 19.5. The summed E-state index contributed by atoms with van der Waals surface area (Å²) in [6.45, 7) is 0. The number of amides is 2. The number of primary sulfonamides is 1. The fraction of sp³-hybridized carbons (Fsp3) is 0.192. The zero-order chi connectivity index (χ0) is 26.2. The van der Waals surface area contributed by atoms with E-state index in [1.165, 1.54) is 17.4 Å². The number of sulfonamides is 1. The van der Waals surface area contributed by atoms with Gasteiger partial charge in [0, 0.05) is 22.7 Å². The summed E-state index contributed by atoms with van der Waals surface area (Å²) in [5.41, 5.74) is 1.72. The van der Waals surface area contributed by atoms with Crippen molar-refractivity contribution in [2.24, 2.45) is 11.1 Å². The summed E-state index contributed by atoms with van der Waals surface area (Å²) in [6.07, 6.45) is 2.21. The normalized spacial score (nSPS) is 17.6. The molecule has 2 aromatic heterocycles. The minimum atomic E-state index is -3.88. The summed E-state index contributed by atoms with van der Waals surface area (Å²) in [5, 5.41) is 12.5. The lowest BCUT2D eigenvalue weighted by Gasteiger charge is -2.20. The van der Waals surface area contributed by atoms with Gasteiger partial charge >= 0.3 is 0 Å². The number of halogens is 1. The molecular formula is C26H23ClN4O4S2. The molecule has 2 aromatic carbocycles. The molecule has 0 aliphatic heterocycles. The van der Waals surface area contributed by atoms with Gasteiger partial charge in [0.05, 0.1) is 15.7 Å². The topological polar surface area (TPSA) is 131 Å². The van der Waals surface area contributed by atoms with E-state index >= 15 is 0 Å². The molecule has 0 bridgehead atoms. The van der Waals surface area contributed by atoms with E-state index in [-0.39, 0.29) is 28.7 Å². The summed E-state index contributed by atoms with van der Waals surface area (Å²) in [4.78, 5) is 31.5. The molecule has 0 radical (unpaired) electrons. The largest absolute Gasteiger partial charge is 0.348 e. The van der Waals surface area contributed by atoms with E-state index in [9.17, 15) is 18.0 Å². The van der Waals surface area contributed by atoms with Crippen LogP contribution in [0.1, 0.15) is 28.9 Å². The van der Waals surface area contributed by atoms with Crippen LogP contribution in [0.5, 0.6) is 0 Å². The van der Waals surface area contributed by atoms with Crippen LogP contribution in [0.4, 0.5) is 5.69 Å². The first-order valence-corrected chi connectivity index (χ1v) is 14.3. The van der Waals surface area contributed by atoms with Gasteiger partial charge in [-0.3, -0.25) is 9.59 Å². The van der Waals surface area contributed by atoms with Crippen LogP contribution in [0.15, 0.2) is 71.6 Å². The molecule has 1 saturated carbocycles. The predicted octanol–water partition coefficient (Wildman–Crippen LogP) is 4.80. The Balaban J connectivity index is 1.26. The first-order chi connectivity index (χ1) is 17.7. The highest BCUT2D eigenvalue weighted by Gasteiger charge is 2.34. The minimum Gasteiger partial charge on any atom is -0.348 e. The third-order valence-corrected chi connectivity index (χ3v) is 8.62. The smallest absolute Gasteiger partial charge is 0.261 e. The molecule has 5 rings (SSSR count). The second kappa shape index (κ2) is 10.2. The van der Waals surface area contributed by atoms with E-state index in [1.54, 1.807) is 54.6 Å². The van der Waals surface area contributed by atoms with E-state index in [2.05, 4.69) is 15.6 Å². The number of thiophene rings is 1. The molecule has 1 fully saturated rings. The van der Waals surface area contributed by atoms with Gasteiger partial charge in [-0.2, -0.15) is 0 Å². The molecule has 4 aromatic rings. The fourth-order valence-electron chi connectivity index (χ4n) is 4.61. The number of carbonyl (C=O) groups excluding carboxylic acids is 2. The standard InChI is InChI=1S/C26H23ClN4O4S2/c27-23-13-10-16-14-21(36-26(16)31-23)25(33)30-20-6-3-5-19(20)24(32)29-17-11-8-15(9-12-17)18-4-1-2-7-22(18)37(28,34)35/h1-2,4,7-14,19-20H,3,5-6H2,(H,29,32)(H,30,33)(H2,28,34,35)/t19-,20+/m0/s1. The summed E-state index contributed by atoms with van der Waals surface area (Å²) in [5.74, 6) is -0.777. The van der Waals surface area contributed by atoms with Crippen LogP contribution in [0, 0.1) is 5.92 Å². The third-order valence-electron chi connectivity index (χ3n) is 6.40. The zero-order valence-corrected chi connectivity index (χ0v) is 21.9. The number of nitrogens with one attached hydrogen (secondary N) is 2. The molecule has 1 aliphatic carbocycles. The molecule has 37 heavy (non-hydrogen) atoms. The Morgan fingerprint density at radius 2 is 1.78 bits per heavy atom. The van der Waals surface area contributed by atoms with Crippen LogP contribution in [0.2, 0.25) is 5.15 Å². The van der Waals surface area contributed by atoms with Crippen molar-refractivity contribution in [3.63, 3.8) is 0 Å². The van der Waals surface area contributed by atoms with E-state index in [1.807, 2.05) is 6.07 Å². The summed E-state index contributed by atoms with van der Waals surface area (Å²) in [6, 6.07) is 18.4. The fourth-order valence-corrected chi connectivity index (χ4v) is 6.51. The van der Waals surface area contributed by atoms with E-state index in [4.69, 9.17) is 16.7 Å². The first kappa shape index (κ1) is 25.3. The Kier molecular flexibility index (Phi) is 7.00. The number of carbonyl (C=O) groups is 2. The van der Waals surface area contributed by atoms with E-state index < -0.39 is 10.0 Å². The van der Waals surface area contributed by atoms with Gasteiger partial charge in [-0.25, -0.2) is 18.5 Å². The average Bonchev–Trinajstić information content (AvgIpc) is 3.51. The SMILES string of the molecule is NS(=O)(=O)c1ccccc1-c1ccc(NC(=O)[C@H]2CCC[C@H]2NC(=O)c2cc3ccc(Cl)nc3s2)cc1. The number of benzene rings is 2. The van der Waals surface area contributed by atoms with Crippen molar-refractivity contribution in [2.75, 3.05) is 5.32 Å². The second-order valence-electron chi connectivity index (χ2n) is 8.86. The number of aromatic nitrogens is 1. The van der Waals surface area contributed by atoms with Crippen molar-refractivity contribution in [3.8, 4) is 11.1 Å². The maximum Gasteiger partial charge on any atom is 0.261 e. The van der Waals surface area contributed by atoms with Gasteiger partial charge in [0.15, 0.2) is 0 Å². The highest BCUT2D eigenvalue weighted by molar-refractivity contribution is 7.89. The number of hydrogen-bond donors (Lipinski definition) is 3. The van der Waals surface area contributed by atoms with Crippen LogP contribution in [0.25, 0.3) is 21.3 Å².